The Morgan fingerprint density at radius 3 is 2.24 bits per heavy atom. The van der Waals surface area contributed by atoms with Gasteiger partial charge >= 0.3 is 0 Å². The van der Waals surface area contributed by atoms with E-state index in [1.54, 1.807) is 13.8 Å². The maximum atomic E-state index is 13.8. The van der Waals surface area contributed by atoms with E-state index in [0.29, 0.717) is 12.2 Å². The second-order valence-electron chi connectivity index (χ2n) is 9.97. The van der Waals surface area contributed by atoms with Crippen molar-refractivity contribution in [2.45, 2.75) is 71.6 Å². The number of nitrogens with two attached hydrogens (primary N) is 1. The lowest BCUT2D eigenvalue weighted by atomic mass is 9.70. The fourth-order valence-electron chi connectivity index (χ4n) is 4.97. The van der Waals surface area contributed by atoms with Gasteiger partial charge in [0.1, 0.15) is 34.0 Å². The molecule has 37 heavy (non-hydrogen) atoms. The van der Waals surface area contributed by atoms with Crippen LogP contribution in [-0.4, -0.2) is 53.7 Å². The van der Waals surface area contributed by atoms with E-state index in [1.807, 2.05) is 0 Å². The molecule has 1 heterocycles. The van der Waals surface area contributed by atoms with Crippen LogP contribution in [-0.2, 0) is 15.0 Å². The SMILES string of the molecule is CC(=O)c1c(O)c(C)c(O)c2c1OC1=CC(=O)/C(=C(/C)NCCCCCNCCCCCN)C(=O)[C@@]12C. The number of phenols is 2. The number of ether oxygens (including phenoxy) is 1. The summed E-state index contributed by atoms with van der Waals surface area (Å²) in [5.41, 5.74) is 4.51. The van der Waals surface area contributed by atoms with Crippen LogP contribution in [0.2, 0.25) is 0 Å². The number of benzene rings is 1. The topological polar surface area (TPSA) is 151 Å². The van der Waals surface area contributed by atoms with Gasteiger partial charge in [-0.3, -0.25) is 14.4 Å². The van der Waals surface area contributed by atoms with Gasteiger partial charge in [0.05, 0.1) is 11.1 Å². The first-order valence-electron chi connectivity index (χ1n) is 13.0. The Morgan fingerprint density at radius 2 is 1.62 bits per heavy atom. The highest BCUT2D eigenvalue weighted by Crippen LogP contribution is 2.57. The van der Waals surface area contributed by atoms with E-state index in [4.69, 9.17) is 10.5 Å². The minimum atomic E-state index is -1.50. The van der Waals surface area contributed by atoms with Crippen LogP contribution < -0.4 is 21.1 Å². The predicted octanol–water partition coefficient (Wildman–Crippen LogP) is 3.05. The van der Waals surface area contributed by atoms with Gasteiger partial charge < -0.3 is 31.3 Å². The molecule has 9 heteroatoms. The lowest BCUT2D eigenvalue weighted by Crippen LogP contribution is -2.41. The molecule has 1 aromatic rings. The van der Waals surface area contributed by atoms with E-state index in [0.717, 1.165) is 58.2 Å². The molecular weight excluding hydrogens is 474 g/mol. The van der Waals surface area contributed by atoms with Crippen molar-refractivity contribution in [2.24, 2.45) is 5.73 Å². The Bertz CT molecular complexity index is 1150. The van der Waals surface area contributed by atoms with Crippen molar-refractivity contribution in [3.63, 3.8) is 0 Å². The minimum Gasteiger partial charge on any atom is -0.507 e. The van der Waals surface area contributed by atoms with Gasteiger partial charge in [0.15, 0.2) is 17.3 Å². The Balaban J connectivity index is 1.70. The molecular formula is C28H39N3O6. The lowest BCUT2D eigenvalue weighted by Gasteiger charge is -2.29. The van der Waals surface area contributed by atoms with Crippen molar-refractivity contribution < 1.29 is 29.3 Å². The third-order valence-corrected chi connectivity index (χ3v) is 7.24. The molecule has 0 amide bonds. The monoisotopic (exact) mass is 513 g/mol. The molecule has 1 aromatic carbocycles. The largest absolute Gasteiger partial charge is 0.507 e. The fraction of sp³-hybridized carbons (Fsp3) is 0.536. The van der Waals surface area contributed by atoms with Gasteiger partial charge in [-0.15, -0.1) is 0 Å². The van der Waals surface area contributed by atoms with Gasteiger partial charge in [-0.25, -0.2) is 0 Å². The molecule has 0 aromatic heterocycles. The highest BCUT2D eigenvalue weighted by Gasteiger charge is 2.56. The van der Waals surface area contributed by atoms with E-state index in [-0.39, 0.29) is 39.5 Å². The van der Waals surface area contributed by atoms with Crippen molar-refractivity contribution in [2.75, 3.05) is 26.2 Å². The molecule has 202 valence electrons. The smallest absolute Gasteiger partial charge is 0.194 e. The Kier molecular flexibility index (Phi) is 9.15. The fourth-order valence-corrected chi connectivity index (χ4v) is 4.97. The predicted molar refractivity (Wildman–Crippen MR) is 141 cm³/mol. The second kappa shape index (κ2) is 11.9. The number of Topliss-reactive ketones (excluding diaryl/α,β-unsaturated/α-hetero) is 2. The van der Waals surface area contributed by atoms with Crippen molar-refractivity contribution >= 4 is 17.3 Å². The molecule has 1 aliphatic carbocycles. The first kappa shape index (κ1) is 28.4. The van der Waals surface area contributed by atoms with Crippen LogP contribution in [0.1, 0.15) is 80.8 Å². The Hall–Kier alpha value is -3.17. The van der Waals surface area contributed by atoms with Crippen LogP contribution in [0.4, 0.5) is 0 Å². The quantitative estimate of drug-likeness (QED) is 0.116. The number of ketones is 3. The van der Waals surface area contributed by atoms with Crippen LogP contribution >= 0.6 is 0 Å². The van der Waals surface area contributed by atoms with Crippen molar-refractivity contribution in [1.82, 2.24) is 10.6 Å². The summed E-state index contributed by atoms with van der Waals surface area (Å²) in [4.78, 5) is 39.0. The molecule has 2 aliphatic rings. The summed E-state index contributed by atoms with van der Waals surface area (Å²) in [6.45, 7) is 9.28. The number of carbonyl (C=O) groups excluding carboxylic acids is 3. The van der Waals surface area contributed by atoms with Gasteiger partial charge in [0.25, 0.3) is 0 Å². The molecule has 0 fully saturated rings. The van der Waals surface area contributed by atoms with Gasteiger partial charge in [0, 0.05) is 23.9 Å². The molecule has 9 nitrogen and oxygen atoms in total. The molecule has 1 aliphatic heterocycles. The average Bonchev–Trinajstić information content (AvgIpc) is 3.13. The number of allylic oxidation sites excluding steroid dienone is 4. The standard InChI is InChI=1S/C28H39N3O6/c1-16-24(34)22(18(3)32)26-23(25(16)35)28(4)20(37-26)15-19(33)21(27(28)36)17(2)31-14-10-6-9-13-30-12-8-5-7-11-29/h15,30-31,34-35H,5-14,29H2,1-4H3/b21-17+/t28-/m0/s1. The number of aromatic hydroxyl groups is 2. The van der Waals surface area contributed by atoms with Gasteiger partial charge in [0.2, 0.25) is 0 Å². The molecule has 0 bridgehead atoms. The summed E-state index contributed by atoms with van der Waals surface area (Å²) in [6, 6.07) is 0. The van der Waals surface area contributed by atoms with Crippen LogP contribution in [0.3, 0.4) is 0 Å². The van der Waals surface area contributed by atoms with Crippen LogP contribution in [0, 0.1) is 6.92 Å². The van der Waals surface area contributed by atoms with Crippen molar-refractivity contribution in [1.29, 1.82) is 0 Å². The van der Waals surface area contributed by atoms with E-state index in [9.17, 15) is 24.6 Å². The van der Waals surface area contributed by atoms with Crippen LogP contribution in [0.15, 0.2) is 23.1 Å². The zero-order valence-electron chi connectivity index (χ0n) is 22.3. The first-order valence-corrected chi connectivity index (χ1v) is 13.0. The van der Waals surface area contributed by atoms with Gasteiger partial charge in [-0.2, -0.15) is 0 Å². The maximum Gasteiger partial charge on any atom is 0.194 e. The van der Waals surface area contributed by atoms with E-state index < -0.39 is 28.5 Å². The number of carbonyl (C=O) groups is 3. The number of nitrogens with one attached hydrogen (secondary N) is 2. The number of unbranched alkanes of at least 4 members (excludes halogenated alkanes) is 4. The summed E-state index contributed by atoms with van der Waals surface area (Å²) in [6.07, 6.45) is 7.49. The van der Waals surface area contributed by atoms with E-state index >= 15 is 0 Å². The number of fused-ring (bicyclic) bond motifs is 3. The normalized spacial score (nSPS) is 19.8. The molecule has 0 saturated carbocycles. The minimum absolute atomic E-state index is 0.00338. The molecule has 6 N–H and O–H groups in total. The van der Waals surface area contributed by atoms with Crippen molar-refractivity contribution in [3.05, 3.63) is 39.8 Å². The number of phenolic OH excluding ortho intramolecular Hbond substituents is 2. The summed E-state index contributed by atoms with van der Waals surface area (Å²) in [5.74, 6) is -2.28. The molecule has 0 spiro atoms. The summed E-state index contributed by atoms with van der Waals surface area (Å²) >= 11 is 0. The summed E-state index contributed by atoms with van der Waals surface area (Å²) < 4.78 is 5.79. The van der Waals surface area contributed by atoms with E-state index in [1.165, 1.54) is 19.9 Å². The van der Waals surface area contributed by atoms with Crippen LogP contribution in [0.25, 0.3) is 0 Å². The molecule has 0 unspecified atom stereocenters. The van der Waals surface area contributed by atoms with E-state index in [2.05, 4.69) is 10.6 Å². The molecule has 1 atom stereocenters. The highest BCUT2D eigenvalue weighted by molar-refractivity contribution is 6.31. The average molecular weight is 514 g/mol. The number of hydrogen-bond acceptors (Lipinski definition) is 9. The lowest BCUT2D eigenvalue weighted by molar-refractivity contribution is -0.123. The summed E-state index contributed by atoms with van der Waals surface area (Å²) in [7, 11) is 0. The third-order valence-electron chi connectivity index (χ3n) is 7.24. The Morgan fingerprint density at radius 1 is 1.00 bits per heavy atom. The van der Waals surface area contributed by atoms with Gasteiger partial charge in [-0.1, -0.05) is 12.8 Å². The second-order valence-corrected chi connectivity index (χ2v) is 9.97. The Labute approximate surface area is 218 Å². The third kappa shape index (κ3) is 5.43. The number of rotatable bonds is 13. The highest BCUT2D eigenvalue weighted by atomic mass is 16.5. The maximum absolute atomic E-state index is 13.8. The van der Waals surface area contributed by atoms with Crippen molar-refractivity contribution in [3.8, 4) is 17.2 Å². The summed E-state index contributed by atoms with van der Waals surface area (Å²) in [5, 5.41) is 28.0. The molecule has 3 rings (SSSR count). The number of hydrogen-bond donors (Lipinski definition) is 5. The molecule has 0 saturated heterocycles. The molecule has 0 radical (unpaired) electrons. The van der Waals surface area contributed by atoms with Crippen LogP contribution in [0.5, 0.6) is 17.2 Å². The van der Waals surface area contributed by atoms with Gasteiger partial charge in [-0.05, 0) is 73.0 Å². The zero-order valence-corrected chi connectivity index (χ0v) is 22.3. The zero-order chi connectivity index (χ0) is 27.3. The first-order chi connectivity index (χ1) is 17.6.